The molecule has 1 aliphatic heterocycles. The smallest absolute Gasteiger partial charge is 0.328 e. The van der Waals surface area contributed by atoms with E-state index in [1.54, 1.807) is 27.8 Å². The first-order valence-corrected chi connectivity index (χ1v) is 13.2. The lowest BCUT2D eigenvalue weighted by Gasteiger charge is -2.38. The fourth-order valence-electron chi connectivity index (χ4n) is 3.99. The van der Waals surface area contributed by atoms with Crippen LogP contribution in [0.4, 0.5) is 0 Å². The van der Waals surface area contributed by atoms with E-state index in [0.717, 1.165) is 41.0 Å². The molecule has 1 saturated heterocycles. The molecule has 1 aliphatic carbocycles. The van der Waals surface area contributed by atoms with E-state index < -0.39 is 12.0 Å². The maximum atomic E-state index is 13.3. The number of hydrogen-bond donors (Lipinski definition) is 1. The standard InChI is InChI=1S/C24H25ClN2O3S2/c1-15-5-4-11-26-24(15)32-31-20-10-12-27(14-17(20)13-21(28)29)22(23(30)16-8-9-16)18-6-2-3-7-19(18)25/h2-7,11,13,16,20,22H,8-10,12,14H2,1H3,(H,28,29)/b17-13-. The van der Waals surface area contributed by atoms with Crippen molar-refractivity contribution in [2.75, 3.05) is 13.1 Å². The Bertz CT molecular complexity index is 1040. The number of carboxylic acid groups (broad SMARTS) is 1. The largest absolute Gasteiger partial charge is 0.478 e. The van der Waals surface area contributed by atoms with Gasteiger partial charge in [-0.25, -0.2) is 9.78 Å². The van der Waals surface area contributed by atoms with Gasteiger partial charge in [0, 0.05) is 41.6 Å². The minimum atomic E-state index is -0.964. The number of carboxylic acids is 1. The Morgan fingerprint density at radius 3 is 2.69 bits per heavy atom. The number of aryl methyl sites for hydroxylation is 1. The number of likely N-dealkylation sites (tertiary alicyclic amines) is 1. The molecule has 0 amide bonds. The minimum Gasteiger partial charge on any atom is -0.478 e. The monoisotopic (exact) mass is 488 g/mol. The molecular weight excluding hydrogens is 464 g/mol. The van der Waals surface area contributed by atoms with Crippen molar-refractivity contribution in [1.29, 1.82) is 0 Å². The summed E-state index contributed by atoms with van der Waals surface area (Å²) in [5.74, 6) is -0.690. The number of rotatable bonds is 8. The van der Waals surface area contributed by atoms with Crippen molar-refractivity contribution in [1.82, 2.24) is 9.88 Å². The molecule has 0 spiro atoms. The Balaban J connectivity index is 1.55. The zero-order valence-corrected chi connectivity index (χ0v) is 20.1. The van der Waals surface area contributed by atoms with Crippen LogP contribution in [-0.2, 0) is 9.59 Å². The predicted molar refractivity (Wildman–Crippen MR) is 130 cm³/mol. The normalized spacial score (nSPS) is 21.4. The number of carbonyl (C=O) groups excluding carboxylic acids is 1. The van der Waals surface area contributed by atoms with Crippen LogP contribution in [0.3, 0.4) is 0 Å². The lowest BCUT2D eigenvalue weighted by atomic mass is 9.94. The summed E-state index contributed by atoms with van der Waals surface area (Å²) in [6.07, 6.45) is 5.67. The Morgan fingerprint density at radius 2 is 2.00 bits per heavy atom. The fourth-order valence-corrected chi connectivity index (χ4v) is 7.01. The lowest BCUT2D eigenvalue weighted by molar-refractivity contribution is -0.131. The molecule has 168 valence electrons. The zero-order valence-electron chi connectivity index (χ0n) is 17.7. The Hall–Kier alpha value is -1.80. The van der Waals surface area contributed by atoms with Gasteiger partial charge < -0.3 is 5.11 Å². The number of aliphatic carboxylic acids is 1. The number of nitrogens with zero attached hydrogens (tertiary/aromatic N) is 2. The molecule has 1 saturated carbocycles. The summed E-state index contributed by atoms with van der Waals surface area (Å²) >= 11 is 6.49. The molecule has 2 atom stereocenters. The highest BCUT2D eigenvalue weighted by atomic mass is 35.5. The number of piperidine rings is 1. The quantitative estimate of drug-likeness (QED) is 0.383. The molecule has 0 bridgehead atoms. The van der Waals surface area contributed by atoms with Gasteiger partial charge in [0.2, 0.25) is 0 Å². The van der Waals surface area contributed by atoms with Crippen LogP contribution in [0.25, 0.3) is 0 Å². The summed E-state index contributed by atoms with van der Waals surface area (Å²) in [5.41, 5.74) is 2.72. The van der Waals surface area contributed by atoms with Crippen LogP contribution < -0.4 is 0 Å². The summed E-state index contributed by atoms with van der Waals surface area (Å²) in [6, 6.07) is 11.0. The van der Waals surface area contributed by atoms with Crippen molar-refractivity contribution in [2.24, 2.45) is 5.92 Å². The molecule has 2 unspecified atom stereocenters. The number of carbonyl (C=O) groups is 2. The number of ketones is 1. The van der Waals surface area contributed by atoms with Gasteiger partial charge in [-0.3, -0.25) is 9.69 Å². The van der Waals surface area contributed by atoms with Gasteiger partial charge in [-0.05, 0) is 65.8 Å². The Morgan fingerprint density at radius 1 is 1.22 bits per heavy atom. The van der Waals surface area contributed by atoms with Crippen LogP contribution >= 0.6 is 33.2 Å². The third-order valence-corrected chi connectivity index (χ3v) is 9.06. The average Bonchev–Trinajstić information content (AvgIpc) is 3.61. The SMILES string of the molecule is Cc1cccnc1SSC1CCN(C(C(=O)C2CC2)c2ccccc2Cl)C/C1=C/C(=O)O. The molecule has 1 aromatic carbocycles. The second kappa shape index (κ2) is 10.4. The number of halogens is 1. The zero-order chi connectivity index (χ0) is 22.7. The van der Waals surface area contributed by atoms with Crippen LogP contribution in [-0.4, -0.2) is 45.1 Å². The summed E-state index contributed by atoms with van der Waals surface area (Å²) in [6.45, 7) is 3.15. The predicted octanol–water partition coefficient (Wildman–Crippen LogP) is 5.59. The highest BCUT2D eigenvalue weighted by Gasteiger charge is 2.41. The summed E-state index contributed by atoms with van der Waals surface area (Å²) < 4.78 is 0. The summed E-state index contributed by atoms with van der Waals surface area (Å²) in [5, 5.41) is 11.0. The number of benzene rings is 1. The van der Waals surface area contributed by atoms with Gasteiger partial charge >= 0.3 is 5.97 Å². The molecule has 1 N–H and O–H groups in total. The van der Waals surface area contributed by atoms with Crippen molar-refractivity contribution < 1.29 is 14.7 Å². The second-order valence-electron chi connectivity index (χ2n) is 8.21. The average molecular weight is 489 g/mol. The maximum Gasteiger partial charge on any atom is 0.328 e. The molecule has 4 rings (SSSR count). The third-order valence-electron chi connectivity index (χ3n) is 5.81. The summed E-state index contributed by atoms with van der Waals surface area (Å²) in [4.78, 5) is 31.4. The van der Waals surface area contributed by atoms with Crippen LogP contribution in [0.15, 0.2) is 59.3 Å². The van der Waals surface area contributed by atoms with E-state index in [9.17, 15) is 14.7 Å². The minimum absolute atomic E-state index is 0.0386. The van der Waals surface area contributed by atoms with Gasteiger partial charge in [-0.1, -0.05) is 46.7 Å². The van der Waals surface area contributed by atoms with Crippen LogP contribution in [0.2, 0.25) is 5.02 Å². The van der Waals surface area contributed by atoms with Crippen LogP contribution in [0, 0.1) is 12.8 Å². The molecular formula is C24H25ClN2O3S2. The first-order valence-electron chi connectivity index (χ1n) is 10.6. The molecule has 2 aliphatic rings. The van der Waals surface area contributed by atoms with Crippen LogP contribution in [0.5, 0.6) is 0 Å². The topological polar surface area (TPSA) is 70.5 Å². The molecule has 2 heterocycles. The number of aromatic nitrogens is 1. The summed E-state index contributed by atoms with van der Waals surface area (Å²) in [7, 11) is 3.22. The second-order valence-corrected chi connectivity index (χ2v) is 11.0. The number of pyridine rings is 1. The fraction of sp³-hybridized carbons (Fsp3) is 0.375. The van der Waals surface area contributed by atoms with Crippen molar-refractivity contribution in [3.8, 4) is 0 Å². The van der Waals surface area contributed by atoms with Gasteiger partial charge in [0.05, 0.1) is 6.04 Å². The van der Waals surface area contributed by atoms with Gasteiger partial charge in [-0.2, -0.15) is 0 Å². The molecule has 32 heavy (non-hydrogen) atoms. The molecule has 2 fully saturated rings. The van der Waals surface area contributed by atoms with Crippen molar-refractivity contribution >= 4 is 44.9 Å². The highest BCUT2D eigenvalue weighted by Crippen LogP contribution is 2.44. The van der Waals surface area contributed by atoms with Crippen molar-refractivity contribution in [3.05, 3.63) is 70.4 Å². The molecule has 5 nitrogen and oxygen atoms in total. The number of Topliss-reactive ketones (excluding diaryl/α,β-unsaturated/α-hetero) is 1. The first-order chi connectivity index (χ1) is 15.4. The molecule has 0 radical (unpaired) electrons. The van der Waals surface area contributed by atoms with E-state index in [2.05, 4.69) is 9.88 Å². The Labute approximate surface area is 201 Å². The molecule has 8 heteroatoms. The van der Waals surface area contributed by atoms with Gasteiger partial charge in [0.15, 0.2) is 5.78 Å². The van der Waals surface area contributed by atoms with Gasteiger partial charge in [0.25, 0.3) is 0 Å². The highest BCUT2D eigenvalue weighted by molar-refractivity contribution is 8.77. The van der Waals surface area contributed by atoms with Crippen molar-refractivity contribution in [2.45, 2.75) is 42.5 Å². The van der Waals surface area contributed by atoms with E-state index in [1.807, 2.05) is 43.3 Å². The third kappa shape index (κ3) is 5.57. The maximum absolute atomic E-state index is 13.3. The lowest BCUT2D eigenvalue weighted by Crippen LogP contribution is -2.43. The van der Waals surface area contributed by atoms with E-state index in [-0.39, 0.29) is 17.0 Å². The molecule has 2 aromatic rings. The van der Waals surface area contributed by atoms with Crippen molar-refractivity contribution in [3.63, 3.8) is 0 Å². The Kier molecular flexibility index (Phi) is 7.61. The molecule has 1 aromatic heterocycles. The number of hydrogen-bond acceptors (Lipinski definition) is 6. The van der Waals surface area contributed by atoms with E-state index in [1.165, 1.54) is 6.08 Å². The van der Waals surface area contributed by atoms with E-state index >= 15 is 0 Å². The van der Waals surface area contributed by atoms with Gasteiger partial charge in [-0.15, -0.1) is 0 Å². The van der Waals surface area contributed by atoms with Gasteiger partial charge in [0.1, 0.15) is 5.03 Å². The van der Waals surface area contributed by atoms with Crippen LogP contribution in [0.1, 0.15) is 36.4 Å². The first kappa shape index (κ1) is 23.4. The van der Waals surface area contributed by atoms with E-state index in [0.29, 0.717) is 18.1 Å². The van der Waals surface area contributed by atoms with E-state index in [4.69, 9.17) is 11.6 Å².